The van der Waals surface area contributed by atoms with E-state index >= 15 is 0 Å². The fourth-order valence-electron chi connectivity index (χ4n) is 9.54. The van der Waals surface area contributed by atoms with E-state index in [-0.39, 0.29) is 11.9 Å². The van der Waals surface area contributed by atoms with Crippen molar-refractivity contribution >= 4 is 11.9 Å². The Balaban J connectivity index is 3.20. The highest BCUT2D eigenvalue weighted by molar-refractivity contribution is 5.69. The number of ether oxygens (including phenoxy) is 2. The van der Waals surface area contributed by atoms with Crippen molar-refractivity contribution in [2.75, 3.05) is 13.2 Å². The smallest absolute Gasteiger partial charge is 0.305 e. The molecule has 0 radical (unpaired) electrons. The van der Waals surface area contributed by atoms with E-state index in [2.05, 4.69) is 13.8 Å². The molecule has 0 fully saturated rings. The highest BCUT2D eigenvalue weighted by atomic mass is 16.5. The molecule has 0 heterocycles. The highest BCUT2D eigenvalue weighted by Crippen LogP contribution is 2.18. The third-order valence-electron chi connectivity index (χ3n) is 14.0. The number of hydrogen-bond acceptors (Lipinski definition) is 4. The first-order chi connectivity index (χ1) is 31.7. The Morgan fingerprint density at radius 2 is 0.344 bits per heavy atom. The molecule has 382 valence electrons. The zero-order valence-electron chi connectivity index (χ0n) is 44.2. The summed E-state index contributed by atoms with van der Waals surface area (Å²) >= 11 is 0. The van der Waals surface area contributed by atoms with Crippen LogP contribution in [0.5, 0.6) is 0 Å². The standard InChI is InChI=1S/C60H118O4/c1-3-5-7-9-11-13-15-17-19-21-23-25-27-31-35-39-43-47-51-55-59(61)63-57-53-49-45-41-37-33-29-30-34-38-42-46-50-54-58-64-60(62)56-52-48-44-40-36-32-28-26-24-22-20-18-16-14-12-10-8-6-4-2/h3-58H2,1-2H3. The maximum absolute atomic E-state index is 12.1. The van der Waals surface area contributed by atoms with Crippen LogP contribution in [0.3, 0.4) is 0 Å². The van der Waals surface area contributed by atoms with Gasteiger partial charge in [-0.25, -0.2) is 0 Å². The van der Waals surface area contributed by atoms with Gasteiger partial charge in [-0.2, -0.15) is 0 Å². The minimum absolute atomic E-state index is 0.0175. The summed E-state index contributed by atoms with van der Waals surface area (Å²) in [4.78, 5) is 24.2. The Hall–Kier alpha value is -1.06. The van der Waals surface area contributed by atoms with Crippen LogP contribution in [0.15, 0.2) is 0 Å². The number of rotatable bonds is 57. The second-order valence-electron chi connectivity index (χ2n) is 20.6. The average Bonchev–Trinajstić information content (AvgIpc) is 3.30. The van der Waals surface area contributed by atoms with Gasteiger partial charge in [-0.1, -0.05) is 322 Å². The van der Waals surface area contributed by atoms with Crippen LogP contribution in [0.25, 0.3) is 0 Å². The molecule has 0 aromatic carbocycles. The van der Waals surface area contributed by atoms with Crippen LogP contribution in [-0.4, -0.2) is 25.2 Å². The minimum atomic E-state index is 0.0175. The van der Waals surface area contributed by atoms with Crippen LogP contribution in [0.4, 0.5) is 0 Å². The van der Waals surface area contributed by atoms with E-state index in [0.29, 0.717) is 26.1 Å². The van der Waals surface area contributed by atoms with Crippen molar-refractivity contribution in [3.63, 3.8) is 0 Å². The maximum atomic E-state index is 12.1. The summed E-state index contributed by atoms with van der Waals surface area (Å²) in [7, 11) is 0. The zero-order chi connectivity index (χ0) is 46.2. The summed E-state index contributed by atoms with van der Waals surface area (Å²) in [6, 6.07) is 0. The Kier molecular flexibility index (Phi) is 57.1. The molecule has 0 saturated carbocycles. The number of hydrogen-bond donors (Lipinski definition) is 0. The lowest BCUT2D eigenvalue weighted by Crippen LogP contribution is -2.05. The molecule has 64 heavy (non-hydrogen) atoms. The van der Waals surface area contributed by atoms with Crippen molar-refractivity contribution in [3.05, 3.63) is 0 Å². The molecule has 4 heteroatoms. The zero-order valence-corrected chi connectivity index (χ0v) is 44.2. The molecule has 0 aromatic rings. The largest absolute Gasteiger partial charge is 0.466 e. The minimum Gasteiger partial charge on any atom is -0.466 e. The van der Waals surface area contributed by atoms with Crippen molar-refractivity contribution in [1.82, 2.24) is 0 Å². The number of esters is 2. The van der Waals surface area contributed by atoms with Crippen molar-refractivity contribution in [2.24, 2.45) is 0 Å². The van der Waals surface area contributed by atoms with Gasteiger partial charge in [0.25, 0.3) is 0 Å². The van der Waals surface area contributed by atoms with E-state index in [1.807, 2.05) is 0 Å². The van der Waals surface area contributed by atoms with Gasteiger partial charge in [0.2, 0.25) is 0 Å². The van der Waals surface area contributed by atoms with Gasteiger partial charge in [0.1, 0.15) is 0 Å². The van der Waals surface area contributed by atoms with Crippen molar-refractivity contribution in [2.45, 2.75) is 361 Å². The number of unbranched alkanes of at least 4 members (excludes halogenated alkanes) is 49. The Bertz CT molecular complexity index is 802. The van der Waals surface area contributed by atoms with Crippen molar-refractivity contribution in [3.8, 4) is 0 Å². The van der Waals surface area contributed by atoms with E-state index in [9.17, 15) is 9.59 Å². The summed E-state index contributed by atoms with van der Waals surface area (Å²) in [5, 5.41) is 0. The van der Waals surface area contributed by atoms with Gasteiger partial charge in [-0.05, 0) is 25.7 Å². The SMILES string of the molecule is CCCCCCCCCCCCCCCCCCCCCC(=O)OCCCCCCCCCCCCCCCCOC(=O)CCCCCCCCCCCCCCCCCCCCC. The van der Waals surface area contributed by atoms with Gasteiger partial charge in [0.15, 0.2) is 0 Å². The van der Waals surface area contributed by atoms with E-state index in [1.54, 1.807) is 0 Å². The quantitative estimate of drug-likeness (QED) is 0.0451. The van der Waals surface area contributed by atoms with E-state index < -0.39 is 0 Å². The molecule has 0 unspecified atom stereocenters. The molecular weight excluding hydrogens is 785 g/mol. The summed E-state index contributed by atoms with van der Waals surface area (Å²) in [5.41, 5.74) is 0. The van der Waals surface area contributed by atoms with Gasteiger partial charge in [-0.3, -0.25) is 9.59 Å². The Morgan fingerprint density at radius 3 is 0.516 bits per heavy atom. The van der Waals surface area contributed by atoms with Crippen LogP contribution in [-0.2, 0) is 19.1 Å². The fourth-order valence-corrected chi connectivity index (χ4v) is 9.54. The topological polar surface area (TPSA) is 52.6 Å². The molecule has 0 atom stereocenters. The third kappa shape index (κ3) is 57.1. The molecule has 0 saturated heterocycles. The predicted molar refractivity (Wildman–Crippen MR) is 283 cm³/mol. The molecule has 0 rings (SSSR count). The Morgan fingerprint density at radius 1 is 0.203 bits per heavy atom. The molecule has 0 amide bonds. The maximum Gasteiger partial charge on any atom is 0.305 e. The van der Waals surface area contributed by atoms with Gasteiger partial charge in [0, 0.05) is 12.8 Å². The molecular formula is C60H118O4. The van der Waals surface area contributed by atoms with Crippen LogP contribution in [0, 0.1) is 0 Å². The second-order valence-corrected chi connectivity index (χ2v) is 20.6. The van der Waals surface area contributed by atoms with Crippen LogP contribution in [0.1, 0.15) is 361 Å². The first-order valence-electron chi connectivity index (χ1n) is 30.0. The summed E-state index contributed by atoms with van der Waals surface area (Å²) in [5.74, 6) is 0.0350. The summed E-state index contributed by atoms with van der Waals surface area (Å²) < 4.78 is 11.0. The predicted octanol–water partition coefficient (Wildman–Crippen LogP) is 21.2. The van der Waals surface area contributed by atoms with Gasteiger partial charge in [0.05, 0.1) is 13.2 Å². The molecule has 0 aliphatic carbocycles. The molecule has 0 aliphatic heterocycles. The summed E-state index contributed by atoms with van der Waals surface area (Å²) in [6.45, 7) is 5.82. The lowest BCUT2D eigenvalue weighted by molar-refractivity contribution is -0.144. The number of carbonyl (C=O) groups is 2. The lowest BCUT2D eigenvalue weighted by Gasteiger charge is -2.06. The van der Waals surface area contributed by atoms with E-state index in [1.165, 1.54) is 308 Å². The molecule has 0 aromatic heterocycles. The highest BCUT2D eigenvalue weighted by Gasteiger charge is 2.05. The van der Waals surface area contributed by atoms with Crippen molar-refractivity contribution in [1.29, 1.82) is 0 Å². The molecule has 0 N–H and O–H groups in total. The lowest BCUT2D eigenvalue weighted by atomic mass is 10.0. The number of carbonyl (C=O) groups excluding carboxylic acids is 2. The third-order valence-corrected chi connectivity index (χ3v) is 14.0. The average molecular weight is 904 g/mol. The van der Waals surface area contributed by atoms with Gasteiger partial charge >= 0.3 is 11.9 Å². The van der Waals surface area contributed by atoms with Crippen molar-refractivity contribution < 1.29 is 19.1 Å². The fraction of sp³-hybridized carbons (Fsp3) is 0.967. The molecule has 0 bridgehead atoms. The monoisotopic (exact) mass is 903 g/mol. The Labute approximate surface area is 403 Å². The summed E-state index contributed by atoms with van der Waals surface area (Å²) in [6.07, 6.45) is 71.3. The van der Waals surface area contributed by atoms with E-state index in [4.69, 9.17) is 9.47 Å². The van der Waals surface area contributed by atoms with Crippen LogP contribution in [0.2, 0.25) is 0 Å². The van der Waals surface area contributed by atoms with Gasteiger partial charge in [-0.15, -0.1) is 0 Å². The first kappa shape index (κ1) is 62.9. The molecule has 0 spiro atoms. The second kappa shape index (κ2) is 58.1. The first-order valence-corrected chi connectivity index (χ1v) is 30.0. The molecule has 4 nitrogen and oxygen atoms in total. The van der Waals surface area contributed by atoms with Gasteiger partial charge < -0.3 is 9.47 Å². The molecule has 0 aliphatic rings. The van der Waals surface area contributed by atoms with Crippen LogP contribution >= 0.6 is 0 Å². The normalized spacial score (nSPS) is 11.5. The van der Waals surface area contributed by atoms with E-state index in [0.717, 1.165) is 25.7 Å². The van der Waals surface area contributed by atoms with Crippen LogP contribution < -0.4 is 0 Å².